The maximum Gasteiger partial charge on any atom is 0.0840 e. The molecule has 0 aromatic heterocycles. The highest BCUT2D eigenvalue weighted by Gasteiger charge is 2.15. The van der Waals surface area contributed by atoms with Gasteiger partial charge >= 0.3 is 0 Å². The second-order valence-corrected chi connectivity index (χ2v) is 5.45. The second kappa shape index (κ2) is 5.16. The molecular weight excluding hydrogens is 240 g/mol. The molecule has 18 heavy (non-hydrogen) atoms. The summed E-state index contributed by atoms with van der Waals surface area (Å²) in [4.78, 5) is 0. The van der Waals surface area contributed by atoms with Crippen LogP contribution in [0.1, 0.15) is 38.8 Å². The van der Waals surface area contributed by atoms with E-state index in [-0.39, 0.29) is 5.38 Å². The van der Waals surface area contributed by atoms with Crippen molar-refractivity contribution in [3.8, 4) is 0 Å². The standard InChI is InChI=1S/C17H19Cl/c1-11-8-9-15(13(3)10-11)17(18)16-7-5-6-12(2)14(16)4/h5-10,17H,1-4H3. The third-order valence-corrected chi connectivity index (χ3v) is 4.09. The van der Waals surface area contributed by atoms with Crippen molar-refractivity contribution in [1.29, 1.82) is 0 Å². The predicted octanol–water partition coefficient (Wildman–Crippen LogP) is 5.25. The molecule has 1 heteroatoms. The van der Waals surface area contributed by atoms with Crippen LogP contribution in [-0.4, -0.2) is 0 Å². The molecule has 0 heterocycles. The fourth-order valence-corrected chi connectivity index (χ4v) is 2.81. The monoisotopic (exact) mass is 258 g/mol. The Kier molecular flexibility index (Phi) is 3.77. The Labute approximate surface area is 115 Å². The van der Waals surface area contributed by atoms with Crippen LogP contribution in [0.15, 0.2) is 36.4 Å². The van der Waals surface area contributed by atoms with Gasteiger partial charge in [-0.25, -0.2) is 0 Å². The first-order valence-corrected chi connectivity index (χ1v) is 6.71. The smallest absolute Gasteiger partial charge is 0.0840 e. The van der Waals surface area contributed by atoms with Gasteiger partial charge in [-0.2, -0.15) is 0 Å². The van der Waals surface area contributed by atoms with Crippen LogP contribution in [0, 0.1) is 27.7 Å². The Bertz CT molecular complexity index is 570. The zero-order valence-electron chi connectivity index (χ0n) is 11.4. The molecule has 1 atom stereocenters. The predicted molar refractivity (Wildman–Crippen MR) is 79.5 cm³/mol. The summed E-state index contributed by atoms with van der Waals surface area (Å²) < 4.78 is 0. The lowest BCUT2D eigenvalue weighted by Crippen LogP contribution is -2.00. The largest absolute Gasteiger partial charge is 0.113 e. The molecule has 0 amide bonds. The molecule has 0 saturated carbocycles. The van der Waals surface area contributed by atoms with Gasteiger partial charge in [0.15, 0.2) is 0 Å². The topological polar surface area (TPSA) is 0 Å². The Hall–Kier alpha value is -1.27. The molecular formula is C17H19Cl. The van der Waals surface area contributed by atoms with E-state index < -0.39 is 0 Å². The number of benzene rings is 2. The van der Waals surface area contributed by atoms with E-state index >= 15 is 0 Å². The van der Waals surface area contributed by atoms with Crippen LogP contribution < -0.4 is 0 Å². The lowest BCUT2D eigenvalue weighted by molar-refractivity contribution is 1.07. The summed E-state index contributed by atoms with van der Waals surface area (Å²) in [5.74, 6) is 0. The van der Waals surface area contributed by atoms with E-state index in [9.17, 15) is 0 Å². The van der Waals surface area contributed by atoms with Crippen molar-refractivity contribution in [3.05, 3.63) is 69.8 Å². The molecule has 0 radical (unpaired) electrons. The molecule has 0 aliphatic heterocycles. The van der Waals surface area contributed by atoms with Crippen LogP contribution in [-0.2, 0) is 0 Å². The first kappa shape index (κ1) is 13.2. The maximum absolute atomic E-state index is 6.67. The molecule has 0 fully saturated rings. The van der Waals surface area contributed by atoms with Crippen LogP contribution in [0.5, 0.6) is 0 Å². The van der Waals surface area contributed by atoms with Gasteiger partial charge in [0.05, 0.1) is 5.38 Å². The van der Waals surface area contributed by atoms with Crippen LogP contribution in [0.2, 0.25) is 0 Å². The highest BCUT2D eigenvalue weighted by Crippen LogP contribution is 2.33. The lowest BCUT2D eigenvalue weighted by Gasteiger charge is -2.17. The Morgan fingerprint density at radius 1 is 0.833 bits per heavy atom. The maximum atomic E-state index is 6.67. The van der Waals surface area contributed by atoms with Crippen molar-refractivity contribution >= 4 is 11.6 Å². The minimum atomic E-state index is -0.0644. The molecule has 2 rings (SSSR count). The van der Waals surface area contributed by atoms with Gasteiger partial charge < -0.3 is 0 Å². The van der Waals surface area contributed by atoms with E-state index in [4.69, 9.17) is 11.6 Å². The van der Waals surface area contributed by atoms with Gasteiger partial charge in [0.25, 0.3) is 0 Å². The number of halogens is 1. The molecule has 1 unspecified atom stereocenters. The molecule has 94 valence electrons. The number of rotatable bonds is 2. The Morgan fingerprint density at radius 3 is 2.22 bits per heavy atom. The fraction of sp³-hybridized carbons (Fsp3) is 0.294. The van der Waals surface area contributed by atoms with E-state index in [2.05, 4.69) is 64.1 Å². The zero-order valence-corrected chi connectivity index (χ0v) is 12.2. The fourth-order valence-electron chi connectivity index (χ4n) is 2.33. The molecule has 0 bridgehead atoms. The summed E-state index contributed by atoms with van der Waals surface area (Å²) in [5, 5.41) is -0.0644. The molecule has 0 aliphatic rings. The summed E-state index contributed by atoms with van der Waals surface area (Å²) >= 11 is 6.67. The average Bonchev–Trinajstić information content (AvgIpc) is 2.32. The normalized spacial score (nSPS) is 12.5. The van der Waals surface area contributed by atoms with Gasteiger partial charge in [-0.15, -0.1) is 11.6 Å². The van der Waals surface area contributed by atoms with Crippen molar-refractivity contribution < 1.29 is 0 Å². The third-order valence-electron chi connectivity index (χ3n) is 3.62. The van der Waals surface area contributed by atoms with Gasteiger partial charge in [-0.1, -0.05) is 42.0 Å². The van der Waals surface area contributed by atoms with E-state index in [0.717, 1.165) is 0 Å². The second-order valence-electron chi connectivity index (χ2n) is 5.01. The summed E-state index contributed by atoms with van der Waals surface area (Å²) in [6, 6.07) is 12.8. The van der Waals surface area contributed by atoms with E-state index in [1.54, 1.807) is 0 Å². The van der Waals surface area contributed by atoms with Crippen molar-refractivity contribution in [1.82, 2.24) is 0 Å². The Morgan fingerprint density at radius 2 is 1.56 bits per heavy atom. The molecule has 0 N–H and O–H groups in total. The van der Waals surface area contributed by atoms with Crippen molar-refractivity contribution in [3.63, 3.8) is 0 Å². The molecule has 0 saturated heterocycles. The van der Waals surface area contributed by atoms with Gasteiger partial charge in [0.1, 0.15) is 0 Å². The molecule has 2 aromatic rings. The average molecular weight is 259 g/mol. The zero-order chi connectivity index (χ0) is 13.3. The van der Waals surface area contributed by atoms with Gasteiger partial charge in [-0.05, 0) is 55.5 Å². The molecule has 2 aromatic carbocycles. The summed E-state index contributed by atoms with van der Waals surface area (Å²) in [6.45, 7) is 8.51. The van der Waals surface area contributed by atoms with E-state index in [0.29, 0.717) is 0 Å². The number of aryl methyl sites for hydroxylation is 3. The van der Waals surface area contributed by atoms with Crippen molar-refractivity contribution in [2.45, 2.75) is 33.1 Å². The summed E-state index contributed by atoms with van der Waals surface area (Å²) in [5.41, 5.74) is 7.54. The quantitative estimate of drug-likeness (QED) is 0.646. The highest BCUT2D eigenvalue weighted by molar-refractivity contribution is 6.22. The van der Waals surface area contributed by atoms with Gasteiger partial charge in [0, 0.05) is 0 Å². The summed E-state index contributed by atoms with van der Waals surface area (Å²) in [6.07, 6.45) is 0. The van der Waals surface area contributed by atoms with E-state index in [1.807, 2.05) is 0 Å². The van der Waals surface area contributed by atoms with Crippen molar-refractivity contribution in [2.75, 3.05) is 0 Å². The minimum Gasteiger partial charge on any atom is -0.113 e. The first-order chi connectivity index (χ1) is 8.50. The van der Waals surface area contributed by atoms with Crippen LogP contribution in [0.4, 0.5) is 0 Å². The SMILES string of the molecule is Cc1ccc(C(Cl)c2cccc(C)c2C)c(C)c1. The van der Waals surface area contributed by atoms with Crippen LogP contribution in [0.3, 0.4) is 0 Å². The van der Waals surface area contributed by atoms with Gasteiger partial charge in [-0.3, -0.25) is 0 Å². The number of hydrogen-bond donors (Lipinski definition) is 0. The minimum absolute atomic E-state index is 0.0644. The molecule has 0 aliphatic carbocycles. The molecule has 0 nitrogen and oxygen atoms in total. The first-order valence-electron chi connectivity index (χ1n) is 6.28. The summed E-state index contributed by atoms with van der Waals surface area (Å²) in [7, 11) is 0. The number of alkyl halides is 1. The van der Waals surface area contributed by atoms with Crippen molar-refractivity contribution in [2.24, 2.45) is 0 Å². The van der Waals surface area contributed by atoms with Crippen LogP contribution in [0.25, 0.3) is 0 Å². The highest BCUT2D eigenvalue weighted by atomic mass is 35.5. The van der Waals surface area contributed by atoms with Crippen LogP contribution >= 0.6 is 11.6 Å². The lowest BCUT2D eigenvalue weighted by atomic mass is 9.94. The van der Waals surface area contributed by atoms with E-state index in [1.165, 1.54) is 33.4 Å². The Balaban J connectivity index is 2.48. The molecule has 0 spiro atoms. The number of hydrogen-bond acceptors (Lipinski definition) is 0. The van der Waals surface area contributed by atoms with Gasteiger partial charge in [0.2, 0.25) is 0 Å². The third kappa shape index (κ3) is 2.44.